The summed E-state index contributed by atoms with van der Waals surface area (Å²) in [5, 5.41) is 0. The van der Waals surface area contributed by atoms with Crippen LogP contribution in [0.25, 0.3) is 0 Å². The van der Waals surface area contributed by atoms with Gasteiger partial charge in [0.15, 0.2) is 0 Å². The number of nitrogens with zero attached hydrogens (tertiary/aromatic N) is 1. The Morgan fingerprint density at radius 3 is 2.29 bits per heavy atom. The number of esters is 1. The molecule has 1 aromatic rings. The number of halogens is 7. The van der Waals surface area contributed by atoms with Gasteiger partial charge in [-0.2, -0.15) is 13.2 Å². The number of pyridine rings is 1. The molecule has 0 saturated heterocycles. The van der Waals surface area contributed by atoms with Gasteiger partial charge < -0.3 is 9.47 Å². The van der Waals surface area contributed by atoms with E-state index in [1.807, 2.05) is 0 Å². The van der Waals surface area contributed by atoms with Crippen LogP contribution in [0.3, 0.4) is 0 Å². The van der Waals surface area contributed by atoms with Gasteiger partial charge in [-0.1, -0.05) is 0 Å². The predicted octanol–water partition coefficient (Wildman–Crippen LogP) is 3.78. The number of carbonyl (C=O) groups is 1. The lowest BCUT2D eigenvalue weighted by molar-refractivity contribution is -0.276. The van der Waals surface area contributed by atoms with Crippen LogP contribution in [-0.2, 0) is 10.9 Å². The van der Waals surface area contributed by atoms with Crippen LogP contribution in [0.1, 0.15) is 22.8 Å². The minimum Gasteiger partial charge on any atom is -0.462 e. The smallest absolute Gasteiger partial charge is 0.462 e. The Morgan fingerprint density at radius 2 is 1.86 bits per heavy atom. The summed E-state index contributed by atoms with van der Waals surface area (Å²) in [6.45, 7) is 1.17. The van der Waals surface area contributed by atoms with Gasteiger partial charge in [0.05, 0.1) is 12.2 Å². The number of hydrogen-bond donors (Lipinski definition) is 0. The molecule has 0 aliphatic heterocycles. The monoisotopic (exact) mass is 429 g/mol. The van der Waals surface area contributed by atoms with Crippen molar-refractivity contribution in [3.63, 3.8) is 0 Å². The van der Waals surface area contributed by atoms with E-state index < -0.39 is 39.2 Å². The van der Waals surface area contributed by atoms with Crippen molar-refractivity contribution < 1.29 is 40.6 Å². The molecule has 1 heterocycles. The van der Waals surface area contributed by atoms with E-state index in [4.69, 9.17) is 0 Å². The molecule has 0 radical (unpaired) electrons. The average molecular weight is 429 g/mol. The fourth-order valence-corrected chi connectivity index (χ4v) is 2.03. The van der Waals surface area contributed by atoms with Crippen molar-refractivity contribution >= 4 is 28.6 Å². The van der Waals surface area contributed by atoms with E-state index in [0.717, 1.165) is 0 Å². The van der Waals surface area contributed by atoms with Crippen LogP contribution < -0.4 is 4.74 Å². The molecule has 0 atom stereocenters. The Balaban J connectivity index is 3.42. The second-order valence-corrected chi connectivity index (χ2v) is 4.46. The highest BCUT2D eigenvalue weighted by atomic mass is 127. The van der Waals surface area contributed by atoms with Crippen LogP contribution in [0.5, 0.6) is 5.88 Å². The highest BCUT2D eigenvalue weighted by molar-refractivity contribution is 14.1. The molecule has 1 aromatic heterocycles. The van der Waals surface area contributed by atoms with Gasteiger partial charge in [0.2, 0.25) is 5.88 Å². The summed E-state index contributed by atoms with van der Waals surface area (Å²) in [6, 6.07) is 0.00189. The largest absolute Gasteiger partial charge is 0.574 e. The summed E-state index contributed by atoms with van der Waals surface area (Å²) < 4.78 is 81.9. The summed E-state index contributed by atoms with van der Waals surface area (Å²) in [4.78, 5) is 14.7. The standard InChI is InChI=1S/C10H6F6INO3/c1-2-20-8(19)6-4(9(11,12)13)3-5(18-7(6)17)21-10(14,15)16/h3H,2H2,1H3. The molecule has 0 amide bonds. The zero-order valence-corrected chi connectivity index (χ0v) is 12.3. The Labute approximate surface area is 127 Å². The van der Waals surface area contributed by atoms with E-state index in [9.17, 15) is 31.1 Å². The molecule has 0 saturated carbocycles. The topological polar surface area (TPSA) is 48.4 Å². The van der Waals surface area contributed by atoms with E-state index in [2.05, 4.69) is 14.5 Å². The lowest BCUT2D eigenvalue weighted by Crippen LogP contribution is -2.22. The lowest BCUT2D eigenvalue weighted by atomic mass is 10.1. The first-order chi connectivity index (χ1) is 9.45. The third kappa shape index (κ3) is 4.89. The van der Waals surface area contributed by atoms with Gasteiger partial charge in [0.25, 0.3) is 0 Å². The van der Waals surface area contributed by atoms with Gasteiger partial charge in [0, 0.05) is 6.07 Å². The summed E-state index contributed by atoms with van der Waals surface area (Å²) in [6.07, 6.45) is -10.3. The molecular weight excluding hydrogens is 423 g/mol. The van der Waals surface area contributed by atoms with Crippen LogP contribution in [0.4, 0.5) is 26.3 Å². The van der Waals surface area contributed by atoms with Crippen LogP contribution in [-0.4, -0.2) is 23.9 Å². The third-order valence-electron chi connectivity index (χ3n) is 1.96. The zero-order chi connectivity index (χ0) is 16.4. The van der Waals surface area contributed by atoms with Crippen molar-refractivity contribution in [1.82, 2.24) is 4.98 Å². The second kappa shape index (κ2) is 6.23. The molecule has 0 bridgehead atoms. The van der Waals surface area contributed by atoms with Crippen molar-refractivity contribution in [3.05, 3.63) is 20.9 Å². The molecule has 11 heteroatoms. The van der Waals surface area contributed by atoms with Gasteiger partial charge in [-0.25, -0.2) is 9.78 Å². The van der Waals surface area contributed by atoms with Crippen molar-refractivity contribution in [1.29, 1.82) is 0 Å². The maximum atomic E-state index is 12.9. The molecule has 0 spiro atoms. The quantitative estimate of drug-likeness (QED) is 0.318. The van der Waals surface area contributed by atoms with Crippen LogP contribution in [0.15, 0.2) is 6.07 Å². The highest BCUT2D eigenvalue weighted by Gasteiger charge is 2.40. The van der Waals surface area contributed by atoms with E-state index in [1.165, 1.54) is 29.5 Å². The van der Waals surface area contributed by atoms with Gasteiger partial charge >= 0.3 is 18.5 Å². The predicted molar refractivity (Wildman–Crippen MR) is 64.6 cm³/mol. The first kappa shape index (κ1) is 17.8. The van der Waals surface area contributed by atoms with Gasteiger partial charge in [0.1, 0.15) is 9.26 Å². The van der Waals surface area contributed by atoms with Crippen molar-refractivity contribution in [2.24, 2.45) is 0 Å². The normalized spacial score (nSPS) is 12.2. The lowest BCUT2D eigenvalue weighted by Gasteiger charge is -2.15. The molecule has 0 aromatic carbocycles. The average Bonchev–Trinajstić information content (AvgIpc) is 2.24. The van der Waals surface area contributed by atoms with E-state index in [-0.39, 0.29) is 12.7 Å². The van der Waals surface area contributed by atoms with E-state index in [0.29, 0.717) is 0 Å². The third-order valence-corrected chi connectivity index (χ3v) is 2.74. The molecule has 0 unspecified atom stereocenters. The number of hydrogen-bond acceptors (Lipinski definition) is 4. The summed E-state index contributed by atoms with van der Waals surface area (Å²) in [7, 11) is 0. The minimum absolute atomic E-state index is 0.00189. The molecule has 0 aliphatic rings. The summed E-state index contributed by atoms with van der Waals surface area (Å²) >= 11 is 1.20. The molecule has 0 N–H and O–H groups in total. The molecule has 0 fully saturated rings. The fourth-order valence-electron chi connectivity index (χ4n) is 1.28. The molecule has 118 valence electrons. The fraction of sp³-hybridized carbons (Fsp3) is 0.400. The van der Waals surface area contributed by atoms with E-state index >= 15 is 0 Å². The first-order valence-electron chi connectivity index (χ1n) is 5.16. The van der Waals surface area contributed by atoms with Crippen LogP contribution >= 0.6 is 22.6 Å². The number of rotatable bonds is 3. The number of alkyl halides is 6. The molecule has 21 heavy (non-hydrogen) atoms. The van der Waals surface area contributed by atoms with E-state index in [1.54, 1.807) is 0 Å². The minimum atomic E-state index is -5.20. The van der Waals surface area contributed by atoms with Crippen molar-refractivity contribution in [2.45, 2.75) is 19.5 Å². The molecule has 1 rings (SSSR count). The second-order valence-electron chi connectivity index (χ2n) is 3.44. The van der Waals surface area contributed by atoms with Crippen LogP contribution in [0.2, 0.25) is 0 Å². The molecule has 0 aliphatic carbocycles. The zero-order valence-electron chi connectivity index (χ0n) is 10.1. The van der Waals surface area contributed by atoms with Crippen LogP contribution in [0, 0.1) is 3.70 Å². The SMILES string of the molecule is CCOC(=O)c1c(C(F)(F)F)cc(OC(F)(F)F)nc1I. The highest BCUT2D eigenvalue weighted by Crippen LogP contribution is 2.36. The van der Waals surface area contributed by atoms with Crippen molar-refractivity contribution in [3.8, 4) is 5.88 Å². The number of aromatic nitrogens is 1. The van der Waals surface area contributed by atoms with Gasteiger partial charge in [-0.15, -0.1) is 13.2 Å². The van der Waals surface area contributed by atoms with Crippen molar-refractivity contribution in [2.75, 3.05) is 6.61 Å². The maximum Gasteiger partial charge on any atom is 0.574 e. The Morgan fingerprint density at radius 1 is 1.29 bits per heavy atom. The number of ether oxygens (including phenoxy) is 2. The Kier molecular flexibility index (Phi) is 5.28. The van der Waals surface area contributed by atoms with Gasteiger partial charge in [-0.3, -0.25) is 0 Å². The molecule has 4 nitrogen and oxygen atoms in total. The van der Waals surface area contributed by atoms with Gasteiger partial charge in [-0.05, 0) is 29.5 Å². The maximum absolute atomic E-state index is 12.9. The summed E-state index contributed by atoms with van der Waals surface area (Å²) in [5.41, 5.74) is -2.57. The Bertz CT molecular complexity index is 543. The Hall–Kier alpha value is -1.27. The first-order valence-corrected chi connectivity index (χ1v) is 6.24. The number of carbonyl (C=O) groups excluding carboxylic acids is 1. The molecular formula is C10H6F6INO3. The summed E-state index contributed by atoms with van der Waals surface area (Å²) in [5.74, 6) is -2.65.